The van der Waals surface area contributed by atoms with Crippen LogP contribution in [0.15, 0.2) is 16.7 Å². The molecule has 3 rings (SSSR count). The van der Waals surface area contributed by atoms with Crippen molar-refractivity contribution >= 4 is 39.0 Å². The molecule has 1 atom stereocenters. The second-order valence-electron chi connectivity index (χ2n) is 4.81. The molecule has 1 N–H and O–H groups in total. The molecule has 20 heavy (non-hydrogen) atoms. The largest absolute Gasteiger partial charge is 0.307 e. The van der Waals surface area contributed by atoms with E-state index in [-0.39, 0.29) is 6.04 Å². The molecule has 0 saturated heterocycles. The van der Waals surface area contributed by atoms with Gasteiger partial charge >= 0.3 is 0 Å². The van der Waals surface area contributed by atoms with Gasteiger partial charge in [0.25, 0.3) is 0 Å². The summed E-state index contributed by atoms with van der Waals surface area (Å²) in [5.74, 6) is 2.42. The lowest BCUT2D eigenvalue weighted by molar-refractivity contribution is 0.566. The van der Waals surface area contributed by atoms with Crippen LogP contribution >= 0.6 is 39.0 Å². The van der Waals surface area contributed by atoms with Crippen molar-refractivity contribution in [1.29, 1.82) is 0 Å². The second kappa shape index (κ2) is 6.22. The lowest BCUT2D eigenvalue weighted by Gasteiger charge is -2.17. The molecule has 3 heterocycles. The van der Waals surface area contributed by atoms with Crippen molar-refractivity contribution in [2.75, 3.05) is 12.8 Å². The molecule has 6 heteroatoms. The first-order valence-corrected chi connectivity index (χ1v) is 9.58. The maximum atomic E-state index is 4.44. The highest BCUT2D eigenvalue weighted by Gasteiger charge is 2.24. The Labute approximate surface area is 136 Å². The highest BCUT2D eigenvalue weighted by atomic mass is 79.9. The van der Waals surface area contributed by atoms with E-state index in [0.29, 0.717) is 0 Å². The first kappa shape index (κ1) is 14.6. The smallest absolute Gasteiger partial charge is 0.0851 e. The fourth-order valence-corrected chi connectivity index (χ4v) is 5.65. The lowest BCUT2D eigenvalue weighted by atomic mass is 10.1. The predicted molar refractivity (Wildman–Crippen MR) is 90.7 cm³/mol. The molecule has 0 aliphatic carbocycles. The van der Waals surface area contributed by atoms with Gasteiger partial charge < -0.3 is 5.32 Å². The highest BCUT2D eigenvalue weighted by Crippen LogP contribution is 2.38. The van der Waals surface area contributed by atoms with Crippen LogP contribution < -0.4 is 5.32 Å². The number of hydrogen-bond acceptors (Lipinski definition) is 4. The summed E-state index contributed by atoms with van der Waals surface area (Å²) in [4.78, 5) is 2.97. The Morgan fingerprint density at radius 2 is 2.40 bits per heavy atom. The Morgan fingerprint density at radius 3 is 3.10 bits per heavy atom. The summed E-state index contributed by atoms with van der Waals surface area (Å²) in [6, 6.07) is 2.60. The van der Waals surface area contributed by atoms with Crippen molar-refractivity contribution in [2.24, 2.45) is 0 Å². The average Bonchev–Trinajstić information content (AvgIpc) is 3.04. The van der Waals surface area contributed by atoms with Crippen LogP contribution in [0.25, 0.3) is 0 Å². The number of fused-ring (bicyclic) bond motifs is 1. The van der Waals surface area contributed by atoms with Gasteiger partial charge in [0.1, 0.15) is 0 Å². The number of rotatable bonds is 4. The van der Waals surface area contributed by atoms with Crippen molar-refractivity contribution < 1.29 is 0 Å². The number of aryl methyl sites for hydroxylation is 2. The first-order chi connectivity index (χ1) is 9.74. The molecule has 1 aliphatic rings. The minimum Gasteiger partial charge on any atom is -0.307 e. The topological polar surface area (TPSA) is 29.9 Å². The number of aromatic nitrogens is 2. The van der Waals surface area contributed by atoms with E-state index in [9.17, 15) is 0 Å². The van der Waals surface area contributed by atoms with Crippen molar-refractivity contribution in [1.82, 2.24) is 15.1 Å². The molecular weight excluding hydrogens is 354 g/mol. The van der Waals surface area contributed by atoms with Crippen molar-refractivity contribution in [2.45, 2.75) is 31.7 Å². The van der Waals surface area contributed by atoms with Gasteiger partial charge in [0, 0.05) is 22.1 Å². The second-order valence-corrected chi connectivity index (χ2v) is 7.94. The van der Waals surface area contributed by atoms with Crippen LogP contribution in [-0.4, -0.2) is 22.6 Å². The summed E-state index contributed by atoms with van der Waals surface area (Å²) in [5.41, 5.74) is 2.75. The summed E-state index contributed by atoms with van der Waals surface area (Å²) in [6.07, 6.45) is 3.11. The number of halogens is 1. The van der Waals surface area contributed by atoms with Crippen LogP contribution in [0.1, 0.15) is 34.0 Å². The molecule has 0 radical (unpaired) electrons. The molecular formula is C14H18BrN3S2. The van der Waals surface area contributed by atoms with Gasteiger partial charge in [0.15, 0.2) is 0 Å². The Kier molecular flexibility index (Phi) is 4.55. The minimum absolute atomic E-state index is 0.215. The molecule has 3 nitrogen and oxygen atoms in total. The van der Waals surface area contributed by atoms with E-state index in [2.05, 4.69) is 44.0 Å². The molecule has 1 aliphatic heterocycles. The standard InChI is InChI=1S/C14H18BrN3S2/c1-3-18-14(10(15)7-17-18)13(16-2)12-6-9-8-19-5-4-11(9)20-12/h6-7,13,16H,3-5,8H2,1-2H3. The van der Waals surface area contributed by atoms with Crippen molar-refractivity contribution in [3.63, 3.8) is 0 Å². The fourth-order valence-electron chi connectivity index (χ4n) is 2.64. The first-order valence-electron chi connectivity index (χ1n) is 6.82. The van der Waals surface area contributed by atoms with Gasteiger partial charge in [-0.05, 0) is 53.7 Å². The van der Waals surface area contributed by atoms with E-state index < -0.39 is 0 Å². The van der Waals surface area contributed by atoms with Gasteiger partial charge in [-0.3, -0.25) is 4.68 Å². The quantitative estimate of drug-likeness (QED) is 0.885. The van der Waals surface area contributed by atoms with Gasteiger partial charge in [0.2, 0.25) is 0 Å². The zero-order valence-corrected chi connectivity index (χ0v) is 14.9. The number of nitrogens with zero attached hydrogens (tertiary/aromatic N) is 2. The van der Waals surface area contributed by atoms with Crippen LogP contribution in [0.2, 0.25) is 0 Å². The number of nitrogens with one attached hydrogen (secondary N) is 1. The van der Waals surface area contributed by atoms with E-state index >= 15 is 0 Å². The van der Waals surface area contributed by atoms with Crippen molar-refractivity contribution in [3.05, 3.63) is 37.7 Å². The molecule has 0 saturated carbocycles. The average molecular weight is 372 g/mol. The Balaban J connectivity index is 2.01. The molecule has 1 unspecified atom stereocenters. The predicted octanol–water partition coefficient (Wildman–Crippen LogP) is 3.83. The molecule has 0 fully saturated rings. The maximum Gasteiger partial charge on any atom is 0.0851 e. The minimum atomic E-state index is 0.215. The third-order valence-electron chi connectivity index (χ3n) is 3.63. The molecule has 0 aromatic carbocycles. The van der Waals surface area contributed by atoms with Gasteiger partial charge in [-0.25, -0.2) is 0 Å². The van der Waals surface area contributed by atoms with Crippen LogP contribution in [0, 0.1) is 0 Å². The third kappa shape index (κ3) is 2.58. The van der Waals surface area contributed by atoms with E-state index in [1.54, 1.807) is 4.88 Å². The molecule has 0 spiro atoms. The Bertz CT molecular complexity index is 582. The SMILES string of the molecule is CCn1ncc(Br)c1C(NC)c1cc2c(s1)CCSC2. The van der Waals surface area contributed by atoms with Crippen molar-refractivity contribution in [3.8, 4) is 0 Å². The monoisotopic (exact) mass is 371 g/mol. The third-order valence-corrected chi connectivity index (χ3v) is 6.55. The zero-order chi connectivity index (χ0) is 14.1. The Hall–Kier alpha value is -0.300. The highest BCUT2D eigenvalue weighted by molar-refractivity contribution is 9.10. The normalized spacial score (nSPS) is 16.1. The van der Waals surface area contributed by atoms with Crippen LogP contribution in [0.3, 0.4) is 0 Å². The molecule has 0 amide bonds. The van der Waals surface area contributed by atoms with Gasteiger partial charge in [-0.15, -0.1) is 11.3 Å². The van der Waals surface area contributed by atoms with Gasteiger partial charge in [0.05, 0.1) is 22.4 Å². The zero-order valence-electron chi connectivity index (χ0n) is 11.6. The van der Waals surface area contributed by atoms with E-state index in [1.165, 1.54) is 28.3 Å². The van der Waals surface area contributed by atoms with E-state index in [0.717, 1.165) is 16.8 Å². The van der Waals surface area contributed by atoms with Gasteiger partial charge in [-0.1, -0.05) is 0 Å². The number of thioether (sulfide) groups is 1. The van der Waals surface area contributed by atoms with E-state index in [1.807, 2.05) is 36.3 Å². The maximum absolute atomic E-state index is 4.44. The summed E-state index contributed by atoms with van der Waals surface area (Å²) in [6.45, 7) is 3.02. The van der Waals surface area contributed by atoms with Crippen LogP contribution in [0.5, 0.6) is 0 Å². The molecule has 2 aromatic heterocycles. The molecule has 108 valence electrons. The number of thiophene rings is 1. The summed E-state index contributed by atoms with van der Waals surface area (Å²) >= 11 is 7.64. The van der Waals surface area contributed by atoms with Gasteiger partial charge in [-0.2, -0.15) is 16.9 Å². The Morgan fingerprint density at radius 1 is 1.55 bits per heavy atom. The summed E-state index contributed by atoms with van der Waals surface area (Å²) in [7, 11) is 2.03. The van der Waals surface area contributed by atoms with E-state index in [4.69, 9.17) is 0 Å². The summed E-state index contributed by atoms with van der Waals surface area (Å²) < 4.78 is 3.15. The molecule has 0 bridgehead atoms. The fraction of sp³-hybridized carbons (Fsp3) is 0.500. The number of hydrogen-bond donors (Lipinski definition) is 1. The lowest BCUT2D eigenvalue weighted by Crippen LogP contribution is -2.21. The van der Waals surface area contributed by atoms with Crippen LogP contribution in [0.4, 0.5) is 0 Å². The van der Waals surface area contributed by atoms with Crippen LogP contribution in [-0.2, 0) is 18.7 Å². The molecule has 2 aromatic rings. The summed E-state index contributed by atoms with van der Waals surface area (Å²) in [5, 5.41) is 7.90.